The van der Waals surface area contributed by atoms with Crippen LogP contribution in [0.25, 0.3) is 0 Å². The van der Waals surface area contributed by atoms with E-state index in [0.29, 0.717) is 23.7 Å². The highest BCUT2D eigenvalue weighted by molar-refractivity contribution is 5.93. The molecule has 4 saturated heterocycles. The minimum absolute atomic E-state index is 0.0367. The maximum atomic E-state index is 14.6. The number of carbonyl (C=O) groups is 1. The molecule has 0 N–H and O–H groups in total. The molecule has 0 spiro atoms. The summed E-state index contributed by atoms with van der Waals surface area (Å²) in [4.78, 5) is 21.6. The second-order valence-corrected chi connectivity index (χ2v) is 7.78. The Morgan fingerprint density at radius 2 is 1.85 bits per heavy atom. The second kappa shape index (κ2) is 6.37. The van der Waals surface area contributed by atoms with Crippen LogP contribution in [-0.2, 0) is 0 Å². The highest BCUT2D eigenvalue weighted by Crippen LogP contribution is 2.47. The van der Waals surface area contributed by atoms with Gasteiger partial charge in [0.1, 0.15) is 5.69 Å². The number of hydrogen-bond donors (Lipinski definition) is 0. The lowest BCUT2D eigenvalue weighted by atomic mass is 9.75. The lowest BCUT2D eigenvalue weighted by molar-refractivity contribution is -0.00376. The minimum atomic E-state index is -0.825. The highest BCUT2D eigenvalue weighted by Gasteiger charge is 2.55. The van der Waals surface area contributed by atoms with Crippen LogP contribution in [0, 0.1) is 17.6 Å². The number of nitrogens with zero attached hydrogens (tertiary/aromatic N) is 3. The number of likely N-dealkylation sites (tertiary alicyclic amines) is 1. The quantitative estimate of drug-likeness (QED) is 0.816. The fourth-order valence-corrected chi connectivity index (χ4v) is 5.37. The average Bonchev–Trinajstić information content (AvgIpc) is 3.14. The fourth-order valence-electron chi connectivity index (χ4n) is 5.37. The summed E-state index contributed by atoms with van der Waals surface area (Å²) in [6.07, 6.45) is 3.71. The van der Waals surface area contributed by atoms with E-state index in [9.17, 15) is 13.6 Å². The number of carbonyl (C=O) groups excluding carboxylic acids is 1. The molecular weight excluding hydrogens is 348 g/mol. The normalized spacial score (nSPS) is 31.8. The number of hydrogen-bond acceptors (Lipinski definition) is 3. The van der Waals surface area contributed by atoms with Crippen LogP contribution in [0.15, 0.2) is 42.6 Å². The molecule has 6 heteroatoms. The number of piperidine rings is 3. The molecule has 0 saturated carbocycles. The molecule has 6 rings (SSSR count). The summed E-state index contributed by atoms with van der Waals surface area (Å²) in [5, 5.41) is 0. The molecule has 4 aliphatic heterocycles. The number of fused-ring (bicyclic) bond motifs is 2. The number of pyridine rings is 1. The third kappa shape index (κ3) is 2.57. The lowest BCUT2D eigenvalue weighted by Gasteiger charge is -2.51. The molecule has 0 unspecified atom stereocenters. The average molecular weight is 369 g/mol. The summed E-state index contributed by atoms with van der Waals surface area (Å²) >= 11 is 0. The van der Waals surface area contributed by atoms with Crippen molar-refractivity contribution >= 4 is 5.91 Å². The fraction of sp³-hybridized carbons (Fsp3) is 0.429. The Bertz CT molecular complexity index is 867. The van der Waals surface area contributed by atoms with Gasteiger partial charge < -0.3 is 4.90 Å². The Labute approximate surface area is 156 Å². The number of rotatable bonds is 2. The largest absolute Gasteiger partial charge is 0.332 e. The van der Waals surface area contributed by atoms with Gasteiger partial charge in [0.25, 0.3) is 5.91 Å². The molecular formula is C21H21F2N3O. The Morgan fingerprint density at radius 3 is 2.59 bits per heavy atom. The first-order valence-corrected chi connectivity index (χ1v) is 9.55. The molecule has 5 heterocycles. The number of benzene rings is 1. The number of amides is 1. The lowest BCUT2D eigenvalue weighted by Crippen LogP contribution is -2.60. The summed E-state index contributed by atoms with van der Waals surface area (Å²) < 4.78 is 28.5. The van der Waals surface area contributed by atoms with Crippen LogP contribution in [0.4, 0.5) is 8.78 Å². The first kappa shape index (κ1) is 16.8. The van der Waals surface area contributed by atoms with Crippen molar-refractivity contribution in [3.8, 4) is 0 Å². The van der Waals surface area contributed by atoms with Crippen LogP contribution in [0.2, 0.25) is 0 Å². The zero-order chi connectivity index (χ0) is 18.5. The van der Waals surface area contributed by atoms with E-state index in [0.717, 1.165) is 32.0 Å². The molecule has 4 nitrogen and oxygen atoms in total. The van der Waals surface area contributed by atoms with Crippen molar-refractivity contribution in [2.75, 3.05) is 19.6 Å². The van der Waals surface area contributed by atoms with Gasteiger partial charge >= 0.3 is 0 Å². The Morgan fingerprint density at radius 1 is 1.04 bits per heavy atom. The van der Waals surface area contributed by atoms with Gasteiger partial charge in [-0.05, 0) is 55.6 Å². The molecule has 0 radical (unpaired) electrons. The van der Waals surface area contributed by atoms with Crippen molar-refractivity contribution in [1.82, 2.24) is 14.8 Å². The maximum Gasteiger partial charge on any atom is 0.272 e. The van der Waals surface area contributed by atoms with E-state index in [1.165, 1.54) is 0 Å². The van der Waals surface area contributed by atoms with Gasteiger partial charge in [-0.15, -0.1) is 0 Å². The van der Waals surface area contributed by atoms with Crippen LogP contribution in [0.5, 0.6) is 0 Å². The summed E-state index contributed by atoms with van der Waals surface area (Å²) in [6.45, 7) is 2.33. The van der Waals surface area contributed by atoms with Gasteiger partial charge in [0.05, 0.1) is 6.04 Å². The summed E-state index contributed by atoms with van der Waals surface area (Å²) in [6, 6.07) is 9.75. The molecule has 4 fully saturated rings. The van der Waals surface area contributed by atoms with Crippen LogP contribution in [0.1, 0.15) is 34.8 Å². The van der Waals surface area contributed by atoms with Gasteiger partial charge in [0.15, 0.2) is 11.6 Å². The van der Waals surface area contributed by atoms with Gasteiger partial charge in [0.2, 0.25) is 0 Å². The third-order valence-electron chi connectivity index (χ3n) is 6.52. The Kier molecular flexibility index (Phi) is 3.97. The molecule has 0 aliphatic carbocycles. The van der Waals surface area contributed by atoms with Crippen LogP contribution in [-0.4, -0.2) is 52.4 Å². The Hall–Kier alpha value is -2.34. The second-order valence-electron chi connectivity index (χ2n) is 7.78. The molecule has 2 bridgehead atoms. The van der Waals surface area contributed by atoms with Crippen molar-refractivity contribution in [2.45, 2.75) is 30.8 Å². The van der Waals surface area contributed by atoms with Gasteiger partial charge in [-0.1, -0.05) is 18.2 Å². The van der Waals surface area contributed by atoms with Crippen molar-refractivity contribution in [1.29, 1.82) is 0 Å². The molecule has 3 atom stereocenters. The standard InChI is InChI=1S/C21H21F2N3O/c22-16-5-3-4-14(18(16)23)15-12-26(21(27)17-6-1-2-9-24-17)19-13-7-10-25(11-8-13)20(15)19/h1-6,9,13,15,19-20H,7-8,10-12H2/t15-,19-,20-/m1/s1. The predicted octanol–water partition coefficient (Wildman–Crippen LogP) is 3.06. The zero-order valence-corrected chi connectivity index (χ0v) is 14.9. The first-order valence-electron chi connectivity index (χ1n) is 9.55. The molecule has 1 amide bonds. The molecule has 2 aromatic rings. The number of aromatic nitrogens is 1. The first-order chi connectivity index (χ1) is 13.1. The monoisotopic (exact) mass is 369 g/mol. The molecule has 1 aromatic carbocycles. The topological polar surface area (TPSA) is 36.4 Å². The van der Waals surface area contributed by atoms with E-state index in [1.54, 1.807) is 36.5 Å². The van der Waals surface area contributed by atoms with Gasteiger partial charge in [-0.2, -0.15) is 0 Å². The predicted molar refractivity (Wildman–Crippen MR) is 96.2 cm³/mol. The SMILES string of the molecule is O=C(c1ccccn1)N1C[C@H](c2cccc(F)c2F)[C@@H]2[C@H]1C1CCN2CC1. The van der Waals surface area contributed by atoms with Crippen LogP contribution >= 0.6 is 0 Å². The summed E-state index contributed by atoms with van der Waals surface area (Å²) in [5.41, 5.74) is 0.793. The smallest absolute Gasteiger partial charge is 0.272 e. The minimum Gasteiger partial charge on any atom is -0.332 e. The van der Waals surface area contributed by atoms with Gasteiger partial charge in [-0.3, -0.25) is 14.7 Å². The van der Waals surface area contributed by atoms with Crippen molar-refractivity contribution in [3.63, 3.8) is 0 Å². The van der Waals surface area contributed by atoms with E-state index in [2.05, 4.69) is 9.88 Å². The summed E-state index contributed by atoms with van der Waals surface area (Å²) in [7, 11) is 0. The van der Waals surface area contributed by atoms with Crippen LogP contribution < -0.4 is 0 Å². The van der Waals surface area contributed by atoms with Crippen molar-refractivity contribution < 1.29 is 13.6 Å². The van der Waals surface area contributed by atoms with E-state index in [4.69, 9.17) is 0 Å². The van der Waals surface area contributed by atoms with E-state index in [1.807, 2.05) is 4.90 Å². The van der Waals surface area contributed by atoms with Crippen molar-refractivity contribution in [3.05, 3.63) is 65.5 Å². The zero-order valence-electron chi connectivity index (χ0n) is 14.9. The molecule has 4 aliphatic rings. The third-order valence-corrected chi connectivity index (χ3v) is 6.52. The van der Waals surface area contributed by atoms with Gasteiger partial charge in [0, 0.05) is 24.7 Å². The number of halogens is 2. The molecule has 140 valence electrons. The summed E-state index contributed by atoms with van der Waals surface area (Å²) in [5.74, 6) is -1.53. The van der Waals surface area contributed by atoms with E-state index in [-0.39, 0.29) is 23.9 Å². The van der Waals surface area contributed by atoms with E-state index >= 15 is 0 Å². The Balaban J connectivity index is 1.56. The maximum absolute atomic E-state index is 14.6. The molecule has 1 aromatic heterocycles. The van der Waals surface area contributed by atoms with Crippen molar-refractivity contribution in [2.24, 2.45) is 5.92 Å². The van der Waals surface area contributed by atoms with E-state index < -0.39 is 11.6 Å². The highest BCUT2D eigenvalue weighted by atomic mass is 19.2. The molecule has 27 heavy (non-hydrogen) atoms. The van der Waals surface area contributed by atoms with Gasteiger partial charge in [-0.25, -0.2) is 8.78 Å². The van der Waals surface area contributed by atoms with Crippen LogP contribution in [0.3, 0.4) is 0 Å².